The molecule has 0 spiro atoms. The number of amides is 1. The average molecular weight is 299 g/mol. The van der Waals surface area contributed by atoms with Crippen molar-refractivity contribution in [1.29, 1.82) is 0 Å². The van der Waals surface area contributed by atoms with Crippen LogP contribution in [0, 0.1) is 6.92 Å². The molecule has 3 rings (SSSR count). The number of carbonyl (C=O) groups excluding carboxylic acids is 1. The first-order valence-corrected chi connectivity index (χ1v) is 7.92. The van der Waals surface area contributed by atoms with E-state index in [0.29, 0.717) is 17.6 Å². The molecule has 5 heteroatoms. The van der Waals surface area contributed by atoms with Crippen molar-refractivity contribution in [3.05, 3.63) is 39.8 Å². The highest BCUT2D eigenvalue weighted by atomic mass is 16.2. The maximum absolute atomic E-state index is 12.7. The van der Waals surface area contributed by atoms with Gasteiger partial charge in [-0.3, -0.25) is 9.59 Å². The number of aromatic nitrogens is 2. The number of aryl methyl sites for hydroxylation is 2. The summed E-state index contributed by atoms with van der Waals surface area (Å²) in [5.74, 6) is -0.144. The summed E-state index contributed by atoms with van der Waals surface area (Å²) >= 11 is 0. The molecule has 1 saturated heterocycles. The van der Waals surface area contributed by atoms with Gasteiger partial charge in [0.15, 0.2) is 0 Å². The first-order chi connectivity index (χ1) is 10.6. The fourth-order valence-corrected chi connectivity index (χ4v) is 3.02. The van der Waals surface area contributed by atoms with Crippen LogP contribution in [0.3, 0.4) is 0 Å². The third-order valence-electron chi connectivity index (χ3n) is 4.27. The topological polar surface area (TPSA) is 55.2 Å². The molecule has 0 saturated carbocycles. The second kappa shape index (κ2) is 5.91. The summed E-state index contributed by atoms with van der Waals surface area (Å²) in [6, 6.07) is 3.60. The Morgan fingerprint density at radius 2 is 1.95 bits per heavy atom. The van der Waals surface area contributed by atoms with E-state index in [1.54, 1.807) is 17.2 Å². The second-order valence-corrected chi connectivity index (χ2v) is 5.83. The molecule has 116 valence electrons. The van der Waals surface area contributed by atoms with E-state index in [4.69, 9.17) is 0 Å². The van der Waals surface area contributed by atoms with Gasteiger partial charge in [-0.1, -0.05) is 0 Å². The summed E-state index contributed by atoms with van der Waals surface area (Å²) in [7, 11) is 0. The molecule has 0 aromatic carbocycles. The molecule has 1 aliphatic rings. The first-order valence-electron chi connectivity index (χ1n) is 7.92. The number of rotatable bonds is 2. The predicted molar refractivity (Wildman–Crippen MR) is 86.2 cm³/mol. The van der Waals surface area contributed by atoms with Gasteiger partial charge < -0.3 is 9.47 Å². The monoisotopic (exact) mass is 299 g/mol. The Hall–Kier alpha value is -2.17. The molecule has 0 unspecified atom stereocenters. The molecular formula is C17H21N3O2. The van der Waals surface area contributed by atoms with Gasteiger partial charge in [-0.15, -0.1) is 0 Å². The highest BCUT2D eigenvalue weighted by molar-refractivity contribution is 5.96. The van der Waals surface area contributed by atoms with Crippen molar-refractivity contribution in [2.75, 3.05) is 13.1 Å². The lowest BCUT2D eigenvalue weighted by atomic mass is 10.1. The maximum atomic E-state index is 12.7. The van der Waals surface area contributed by atoms with Crippen LogP contribution >= 0.6 is 0 Å². The van der Waals surface area contributed by atoms with E-state index < -0.39 is 0 Å². The fraction of sp³-hybridized carbons (Fsp3) is 0.471. The molecule has 0 N–H and O–H groups in total. The van der Waals surface area contributed by atoms with Crippen molar-refractivity contribution in [2.24, 2.45) is 0 Å². The third-order valence-corrected chi connectivity index (χ3v) is 4.27. The molecule has 0 radical (unpaired) electrons. The summed E-state index contributed by atoms with van der Waals surface area (Å²) in [4.78, 5) is 31.6. The van der Waals surface area contributed by atoms with Crippen LogP contribution in [0.15, 0.2) is 23.1 Å². The Bertz CT molecular complexity index is 773. The summed E-state index contributed by atoms with van der Waals surface area (Å²) in [5.41, 5.74) is 1.58. The van der Waals surface area contributed by atoms with Crippen molar-refractivity contribution >= 4 is 16.9 Å². The highest BCUT2D eigenvalue weighted by Gasteiger charge is 2.22. The molecule has 0 atom stereocenters. The Kier molecular flexibility index (Phi) is 3.96. The Morgan fingerprint density at radius 1 is 1.23 bits per heavy atom. The summed E-state index contributed by atoms with van der Waals surface area (Å²) in [6.45, 7) is 6.05. The molecule has 0 bridgehead atoms. The van der Waals surface area contributed by atoms with Gasteiger partial charge in [0.05, 0.1) is 5.39 Å². The van der Waals surface area contributed by atoms with Crippen LogP contribution in [0.1, 0.15) is 42.2 Å². The number of hydrogen-bond acceptors (Lipinski definition) is 3. The van der Waals surface area contributed by atoms with Crippen LogP contribution in [-0.4, -0.2) is 33.4 Å². The van der Waals surface area contributed by atoms with Gasteiger partial charge >= 0.3 is 0 Å². The smallest absolute Gasteiger partial charge is 0.259 e. The van der Waals surface area contributed by atoms with Gasteiger partial charge in [0.25, 0.3) is 5.91 Å². The molecule has 2 aromatic heterocycles. The van der Waals surface area contributed by atoms with Gasteiger partial charge in [-0.05, 0) is 45.2 Å². The van der Waals surface area contributed by atoms with Crippen LogP contribution in [0.5, 0.6) is 0 Å². The predicted octanol–water partition coefficient (Wildman–Crippen LogP) is 2.35. The zero-order valence-electron chi connectivity index (χ0n) is 13.1. The van der Waals surface area contributed by atoms with Crippen molar-refractivity contribution in [3.63, 3.8) is 0 Å². The fourth-order valence-electron chi connectivity index (χ4n) is 3.02. The second-order valence-electron chi connectivity index (χ2n) is 5.83. The molecule has 1 aliphatic heterocycles. The Labute approximate surface area is 129 Å². The minimum Gasteiger partial charge on any atom is -0.338 e. The van der Waals surface area contributed by atoms with Gasteiger partial charge in [0.1, 0.15) is 11.2 Å². The van der Waals surface area contributed by atoms with Gasteiger partial charge in [0.2, 0.25) is 5.43 Å². The number of hydrogen-bond donors (Lipinski definition) is 0. The van der Waals surface area contributed by atoms with E-state index in [-0.39, 0.29) is 16.9 Å². The van der Waals surface area contributed by atoms with Crippen molar-refractivity contribution < 1.29 is 4.79 Å². The Balaban J connectivity index is 2.14. The SMILES string of the molecule is CCn1cc(C(=O)N2CCCCC2)c(=O)c2ccc(C)nc21. The molecule has 3 heterocycles. The molecule has 22 heavy (non-hydrogen) atoms. The summed E-state index contributed by atoms with van der Waals surface area (Å²) < 4.78 is 1.89. The number of pyridine rings is 2. The van der Waals surface area contributed by atoms with Crippen LogP contribution < -0.4 is 5.43 Å². The van der Waals surface area contributed by atoms with Gasteiger partial charge in [-0.2, -0.15) is 0 Å². The molecule has 1 fully saturated rings. The average Bonchev–Trinajstić information content (AvgIpc) is 2.55. The number of piperidine rings is 1. The van der Waals surface area contributed by atoms with E-state index in [1.165, 1.54) is 0 Å². The lowest BCUT2D eigenvalue weighted by Gasteiger charge is -2.26. The molecule has 1 amide bonds. The van der Waals surface area contributed by atoms with Gasteiger partial charge in [0, 0.05) is 31.5 Å². The first kappa shape index (κ1) is 14.8. The van der Waals surface area contributed by atoms with Crippen molar-refractivity contribution in [2.45, 2.75) is 39.7 Å². The zero-order chi connectivity index (χ0) is 15.7. The Morgan fingerprint density at radius 3 is 2.64 bits per heavy atom. The number of likely N-dealkylation sites (tertiary alicyclic amines) is 1. The number of nitrogens with zero attached hydrogens (tertiary/aromatic N) is 3. The lowest BCUT2D eigenvalue weighted by molar-refractivity contribution is 0.0722. The van der Waals surface area contributed by atoms with Crippen LogP contribution in [0.25, 0.3) is 11.0 Å². The highest BCUT2D eigenvalue weighted by Crippen LogP contribution is 2.15. The number of fused-ring (bicyclic) bond motifs is 1. The largest absolute Gasteiger partial charge is 0.338 e. The van der Waals surface area contributed by atoms with Crippen LogP contribution in [0.4, 0.5) is 0 Å². The maximum Gasteiger partial charge on any atom is 0.259 e. The van der Waals surface area contributed by atoms with Crippen molar-refractivity contribution in [1.82, 2.24) is 14.5 Å². The minimum atomic E-state index is -0.206. The molecule has 0 aliphatic carbocycles. The van der Waals surface area contributed by atoms with E-state index in [2.05, 4.69) is 4.98 Å². The van der Waals surface area contributed by atoms with Crippen LogP contribution in [-0.2, 0) is 6.54 Å². The molecular weight excluding hydrogens is 278 g/mol. The standard InChI is InChI=1S/C17H21N3O2/c1-3-19-11-14(17(22)20-9-5-4-6-10-20)15(21)13-8-7-12(2)18-16(13)19/h7-8,11H,3-6,9-10H2,1-2H3. The van der Waals surface area contributed by atoms with E-state index >= 15 is 0 Å². The van der Waals surface area contributed by atoms with E-state index in [0.717, 1.165) is 38.0 Å². The normalized spacial score (nSPS) is 15.3. The molecule has 2 aromatic rings. The van der Waals surface area contributed by atoms with Gasteiger partial charge in [-0.25, -0.2) is 4.98 Å². The third kappa shape index (κ3) is 2.51. The van der Waals surface area contributed by atoms with Crippen molar-refractivity contribution in [3.8, 4) is 0 Å². The van der Waals surface area contributed by atoms with Crippen LogP contribution in [0.2, 0.25) is 0 Å². The number of carbonyl (C=O) groups is 1. The minimum absolute atomic E-state index is 0.144. The summed E-state index contributed by atoms with van der Waals surface area (Å²) in [5, 5.41) is 0.523. The lowest BCUT2D eigenvalue weighted by Crippen LogP contribution is -2.38. The quantitative estimate of drug-likeness (QED) is 0.855. The van der Waals surface area contributed by atoms with E-state index in [1.807, 2.05) is 24.5 Å². The summed E-state index contributed by atoms with van der Waals surface area (Å²) in [6.07, 6.45) is 4.86. The van der Waals surface area contributed by atoms with E-state index in [9.17, 15) is 9.59 Å². The zero-order valence-corrected chi connectivity index (χ0v) is 13.1. The molecule has 5 nitrogen and oxygen atoms in total.